The maximum absolute atomic E-state index is 13.5. The molecule has 0 saturated carbocycles. The number of likely N-dealkylation sites (tertiary alicyclic amines) is 1. The van der Waals surface area contributed by atoms with Gasteiger partial charge in [0.25, 0.3) is 0 Å². The number of methoxy groups -OCH3 is 1. The first-order valence-electron chi connectivity index (χ1n) is 18.0. The third kappa shape index (κ3) is 8.37. The van der Waals surface area contributed by atoms with Crippen LogP contribution in [0.3, 0.4) is 0 Å². The number of aliphatic hydroxyl groups is 1. The molecular weight excluding hydrogens is 711 g/mol. The molecule has 1 atom stereocenters. The first kappa shape index (κ1) is 36.9. The molecule has 54 heavy (non-hydrogen) atoms. The van der Waals surface area contributed by atoms with E-state index >= 15 is 0 Å². The molecule has 3 heterocycles. The van der Waals surface area contributed by atoms with E-state index in [9.17, 15) is 24.6 Å². The Bertz CT molecular complexity index is 2170. The smallest absolute Gasteiger partial charge is 0.411 e. The van der Waals surface area contributed by atoms with Gasteiger partial charge < -0.3 is 44.5 Å². The summed E-state index contributed by atoms with van der Waals surface area (Å²) in [4.78, 5) is 44.5. The second-order valence-corrected chi connectivity index (χ2v) is 14.3. The minimum Gasteiger partial charge on any atom is -0.506 e. The van der Waals surface area contributed by atoms with Gasteiger partial charge in [0.15, 0.2) is 0 Å². The van der Waals surface area contributed by atoms with Crippen molar-refractivity contribution in [3.05, 3.63) is 99.7 Å². The van der Waals surface area contributed by atoms with Gasteiger partial charge in [-0.3, -0.25) is 14.9 Å². The number of ether oxygens (including phenoxy) is 3. The number of carbonyl (C=O) groups excluding carboxylic acids is 2. The Morgan fingerprint density at radius 3 is 2.61 bits per heavy atom. The monoisotopic (exact) mass is 753 g/mol. The van der Waals surface area contributed by atoms with Gasteiger partial charge in [0, 0.05) is 61.9 Å². The van der Waals surface area contributed by atoms with Crippen molar-refractivity contribution in [2.45, 2.75) is 38.0 Å². The van der Waals surface area contributed by atoms with Crippen molar-refractivity contribution >= 4 is 44.9 Å². The molecule has 282 valence electrons. The lowest BCUT2D eigenvalue weighted by Crippen LogP contribution is -2.42. The van der Waals surface area contributed by atoms with Crippen LogP contribution in [0.5, 0.6) is 17.2 Å². The van der Waals surface area contributed by atoms with Crippen molar-refractivity contribution in [2.24, 2.45) is 0 Å². The number of thiazole rings is 1. The normalized spacial score (nSPS) is 15.3. The summed E-state index contributed by atoms with van der Waals surface area (Å²) in [6.07, 6.45) is 0.0740. The van der Waals surface area contributed by atoms with E-state index in [-0.39, 0.29) is 29.2 Å². The van der Waals surface area contributed by atoms with E-state index in [4.69, 9.17) is 14.2 Å². The summed E-state index contributed by atoms with van der Waals surface area (Å²) in [6, 6.07) is 24.3. The molecule has 2 aliphatic rings. The number of hydrogen-bond acceptors (Lipinski definition) is 11. The zero-order chi connectivity index (χ0) is 37.6. The quantitative estimate of drug-likeness (QED) is 0.108. The van der Waals surface area contributed by atoms with Gasteiger partial charge in [-0.05, 0) is 36.6 Å². The van der Waals surface area contributed by atoms with Crippen LogP contribution in [-0.2, 0) is 16.1 Å². The van der Waals surface area contributed by atoms with E-state index in [0.717, 1.165) is 28.0 Å². The van der Waals surface area contributed by atoms with Crippen LogP contribution < -0.4 is 29.9 Å². The number of nitrogens with one attached hydrogen (secondary N) is 3. The summed E-state index contributed by atoms with van der Waals surface area (Å²) in [5.41, 5.74) is 4.92. The van der Waals surface area contributed by atoms with Gasteiger partial charge in [0.1, 0.15) is 35.5 Å². The predicted octanol–water partition coefficient (Wildman–Crippen LogP) is 5.62. The van der Waals surface area contributed by atoms with Crippen LogP contribution in [0.2, 0.25) is 0 Å². The number of phenolic OH excluding ortho intramolecular Hbond substituents is 1. The predicted molar refractivity (Wildman–Crippen MR) is 208 cm³/mol. The minimum atomic E-state index is -0.932. The molecule has 0 spiro atoms. The third-order valence-electron chi connectivity index (χ3n) is 9.83. The Morgan fingerprint density at radius 1 is 1.04 bits per heavy atom. The molecule has 4 aromatic carbocycles. The fourth-order valence-corrected chi connectivity index (χ4v) is 7.94. The average molecular weight is 754 g/mol. The lowest BCUT2D eigenvalue weighted by molar-refractivity contribution is -0.119. The molecule has 1 saturated heterocycles. The number of aromatic amines is 1. The topological polar surface area (TPSA) is 166 Å². The third-order valence-corrected chi connectivity index (χ3v) is 10.8. The highest BCUT2D eigenvalue weighted by atomic mass is 32.1. The van der Waals surface area contributed by atoms with Crippen molar-refractivity contribution in [1.29, 1.82) is 0 Å². The number of H-pyrrole nitrogens is 1. The van der Waals surface area contributed by atoms with Gasteiger partial charge in [-0.25, -0.2) is 4.79 Å². The van der Waals surface area contributed by atoms with Crippen molar-refractivity contribution in [3.63, 3.8) is 0 Å². The van der Waals surface area contributed by atoms with Crippen molar-refractivity contribution in [2.75, 3.05) is 56.7 Å². The Balaban J connectivity index is 0.891. The van der Waals surface area contributed by atoms with Crippen LogP contribution in [-0.4, -0.2) is 84.6 Å². The number of carbonyl (C=O) groups is 2. The first-order valence-corrected chi connectivity index (χ1v) is 18.8. The van der Waals surface area contributed by atoms with E-state index < -0.39 is 12.2 Å². The van der Waals surface area contributed by atoms with Gasteiger partial charge in [0.05, 0.1) is 35.8 Å². The highest BCUT2D eigenvalue weighted by Gasteiger charge is 2.28. The number of benzene rings is 4. The van der Waals surface area contributed by atoms with Crippen LogP contribution in [0.15, 0.2) is 83.7 Å². The lowest BCUT2D eigenvalue weighted by atomic mass is 10.0. The van der Waals surface area contributed by atoms with Crippen LogP contribution in [0, 0.1) is 0 Å². The van der Waals surface area contributed by atoms with E-state index in [1.807, 2.05) is 66.7 Å². The number of para-hydroxylation sites is 1. The van der Waals surface area contributed by atoms with Gasteiger partial charge in [-0.1, -0.05) is 65.9 Å². The maximum Gasteiger partial charge on any atom is 0.411 e. The number of aromatic nitrogens is 1. The molecule has 0 bridgehead atoms. The molecular formula is C40H43N5O8S. The second-order valence-electron chi connectivity index (χ2n) is 13.3. The molecule has 0 aliphatic carbocycles. The maximum atomic E-state index is 13.5. The molecule has 2 aliphatic heterocycles. The van der Waals surface area contributed by atoms with Gasteiger partial charge >= 0.3 is 11.0 Å². The van der Waals surface area contributed by atoms with Crippen LogP contribution >= 0.6 is 11.3 Å². The number of fused-ring (bicyclic) bond motifs is 2. The highest BCUT2D eigenvalue weighted by molar-refractivity contribution is 7.16. The van der Waals surface area contributed by atoms with Crippen molar-refractivity contribution < 1.29 is 34.0 Å². The Morgan fingerprint density at radius 2 is 1.81 bits per heavy atom. The molecule has 1 fully saturated rings. The second kappa shape index (κ2) is 16.7. The molecule has 2 amide bonds. The largest absolute Gasteiger partial charge is 0.506 e. The molecule has 7 rings (SSSR count). The number of piperidine rings is 1. The van der Waals surface area contributed by atoms with Gasteiger partial charge in [-0.15, -0.1) is 0 Å². The summed E-state index contributed by atoms with van der Waals surface area (Å²) in [6.45, 7) is 3.32. The zero-order valence-corrected chi connectivity index (χ0v) is 30.7. The Labute approximate surface area is 316 Å². The summed E-state index contributed by atoms with van der Waals surface area (Å²) >= 11 is 0.939. The molecule has 1 aromatic heterocycles. The standard InChI is InChI=1S/C40H43N5O8S/c1-51-34-22-31-35(21-26(34)23-41-24-33(47)29-11-12-32(46)37-38(29)54-40(50)43-37)52-20-19-45(31)36(48)15-18-44-16-13-27(14-17-44)53-39(49)42-30-10-6-5-9-28(30)25-7-3-2-4-8-25/h2-12,21-22,27,33,41,46-47H,13-20,23-24H2,1H3,(H,42,49)(H,43,50)/t33-/m0/s1. The number of amides is 2. The van der Waals surface area contributed by atoms with Crippen LogP contribution in [0.25, 0.3) is 21.3 Å². The molecule has 0 unspecified atom stereocenters. The Kier molecular flexibility index (Phi) is 11.4. The fraction of sp³-hybridized carbons (Fsp3) is 0.325. The molecule has 5 N–H and O–H groups in total. The SMILES string of the molecule is COc1cc2c(cc1CNC[C@H](O)c1ccc(O)c3[nH]c(=O)sc13)OCCN2C(=O)CCN1CCC(OC(=O)Nc2ccccc2-c2ccccc2)CC1. The minimum absolute atomic E-state index is 0.0160. The summed E-state index contributed by atoms with van der Waals surface area (Å²) in [5.74, 6) is 1.09. The zero-order valence-electron chi connectivity index (χ0n) is 29.9. The number of anilines is 2. The van der Waals surface area contributed by atoms with Crippen molar-refractivity contribution in [1.82, 2.24) is 15.2 Å². The number of nitrogens with zero attached hydrogens (tertiary/aromatic N) is 2. The van der Waals surface area contributed by atoms with Crippen LogP contribution in [0.1, 0.15) is 36.5 Å². The summed E-state index contributed by atoms with van der Waals surface area (Å²) < 4.78 is 18.0. The van der Waals surface area contributed by atoms with E-state index in [1.54, 1.807) is 18.1 Å². The lowest BCUT2D eigenvalue weighted by Gasteiger charge is -2.33. The van der Waals surface area contributed by atoms with E-state index in [0.29, 0.717) is 97.2 Å². The number of aliphatic hydroxyl groups excluding tert-OH is 1. The molecule has 14 heteroatoms. The van der Waals surface area contributed by atoms with Gasteiger partial charge in [-0.2, -0.15) is 0 Å². The summed E-state index contributed by atoms with van der Waals surface area (Å²) in [7, 11) is 1.57. The number of rotatable bonds is 12. The highest BCUT2D eigenvalue weighted by Crippen LogP contribution is 2.38. The average Bonchev–Trinajstić information content (AvgIpc) is 3.59. The number of phenols is 1. The van der Waals surface area contributed by atoms with Gasteiger partial charge in [0.2, 0.25) is 5.91 Å². The summed E-state index contributed by atoms with van der Waals surface area (Å²) in [5, 5.41) is 27.2. The van der Waals surface area contributed by atoms with Crippen LogP contribution in [0.4, 0.5) is 16.2 Å². The fourth-order valence-electron chi connectivity index (χ4n) is 7.02. The van der Waals surface area contributed by atoms with E-state index in [2.05, 4.69) is 20.5 Å². The molecule has 5 aromatic rings. The Hall–Kier alpha value is -5.41. The molecule has 0 radical (unpaired) electrons. The van der Waals surface area contributed by atoms with Crippen molar-refractivity contribution in [3.8, 4) is 28.4 Å². The first-order chi connectivity index (χ1) is 26.3. The van der Waals surface area contributed by atoms with E-state index in [1.165, 1.54) is 6.07 Å². The number of aromatic hydroxyl groups is 1. The number of hydrogen-bond donors (Lipinski definition) is 5. The molecule has 13 nitrogen and oxygen atoms in total.